The van der Waals surface area contributed by atoms with Gasteiger partial charge in [0.25, 0.3) is 0 Å². The molecule has 0 amide bonds. The Morgan fingerprint density at radius 1 is 0.950 bits per heavy atom. The average molecular weight is 396 g/mol. The average Bonchev–Trinajstić information content (AvgIpc) is 2.42. The molecule has 1 aliphatic rings. The number of hydrogen-bond donors (Lipinski definition) is 0. The Morgan fingerprint density at radius 2 is 1.50 bits per heavy atom. The van der Waals surface area contributed by atoms with E-state index in [9.17, 15) is 9.59 Å². The highest BCUT2D eigenvalue weighted by molar-refractivity contribution is 14.1. The molecule has 0 aromatic heterocycles. The minimum absolute atomic E-state index is 0.00394. The molecule has 0 heterocycles. The SMILES string of the molecule is CC1CCC(C(=O)OCCCCCCOC(=O)I)CC1. The number of halogens is 1. The number of carbonyl (C=O) groups excluding carboxylic acids is 2. The summed E-state index contributed by atoms with van der Waals surface area (Å²) in [6.45, 7) is 3.26. The number of hydrogen-bond acceptors (Lipinski definition) is 4. The molecule has 0 atom stereocenters. The molecule has 5 heteroatoms. The predicted molar refractivity (Wildman–Crippen MR) is 85.9 cm³/mol. The first-order chi connectivity index (χ1) is 9.59. The third kappa shape index (κ3) is 8.07. The molecule has 1 fully saturated rings. The van der Waals surface area contributed by atoms with Gasteiger partial charge in [0.2, 0.25) is 0 Å². The summed E-state index contributed by atoms with van der Waals surface area (Å²) in [4.78, 5) is 22.4. The summed E-state index contributed by atoms with van der Waals surface area (Å²) in [7, 11) is 0. The Balaban J connectivity index is 1.93. The van der Waals surface area contributed by atoms with E-state index in [1.165, 1.54) is 0 Å². The number of unbranched alkanes of at least 4 members (excludes halogenated alkanes) is 3. The zero-order valence-electron chi connectivity index (χ0n) is 12.2. The highest BCUT2D eigenvalue weighted by Crippen LogP contribution is 2.29. The van der Waals surface area contributed by atoms with Crippen molar-refractivity contribution in [1.29, 1.82) is 0 Å². The number of ether oxygens (including phenoxy) is 2. The molecule has 0 aromatic carbocycles. The van der Waals surface area contributed by atoms with Gasteiger partial charge in [0.05, 0.1) is 41.7 Å². The lowest BCUT2D eigenvalue weighted by Gasteiger charge is -2.24. The molecule has 0 saturated heterocycles. The van der Waals surface area contributed by atoms with Gasteiger partial charge in [-0.25, -0.2) is 4.79 Å². The van der Waals surface area contributed by atoms with E-state index < -0.39 is 0 Å². The van der Waals surface area contributed by atoms with E-state index in [1.54, 1.807) is 22.6 Å². The highest BCUT2D eigenvalue weighted by Gasteiger charge is 2.25. The Bertz CT molecular complexity index is 298. The van der Waals surface area contributed by atoms with Crippen molar-refractivity contribution in [2.24, 2.45) is 11.8 Å². The van der Waals surface area contributed by atoms with Crippen molar-refractivity contribution < 1.29 is 19.1 Å². The zero-order chi connectivity index (χ0) is 14.8. The Morgan fingerprint density at radius 3 is 2.05 bits per heavy atom. The van der Waals surface area contributed by atoms with Crippen LogP contribution in [0.15, 0.2) is 0 Å². The van der Waals surface area contributed by atoms with Gasteiger partial charge in [-0.15, -0.1) is 0 Å². The van der Waals surface area contributed by atoms with Crippen LogP contribution in [0.4, 0.5) is 4.79 Å². The molecule has 1 aliphatic carbocycles. The van der Waals surface area contributed by atoms with E-state index >= 15 is 0 Å². The molecule has 0 bridgehead atoms. The predicted octanol–water partition coefficient (Wildman–Crippen LogP) is 4.49. The summed E-state index contributed by atoms with van der Waals surface area (Å²) in [6.07, 6.45) is 8.06. The van der Waals surface area contributed by atoms with E-state index in [1.807, 2.05) is 0 Å². The van der Waals surface area contributed by atoms with Gasteiger partial charge in [0.15, 0.2) is 0 Å². The van der Waals surface area contributed by atoms with Crippen LogP contribution < -0.4 is 0 Å². The fourth-order valence-electron chi connectivity index (χ4n) is 2.50. The first-order valence-electron chi connectivity index (χ1n) is 7.58. The van der Waals surface area contributed by atoms with Crippen LogP contribution in [0.3, 0.4) is 0 Å². The lowest BCUT2D eigenvalue weighted by molar-refractivity contribution is -0.150. The van der Waals surface area contributed by atoms with Crippen LogP contribution >= 0.6 is 22.6 Å². The Labute approximate surface area is 135 Å². The van der Waals surface area contributed by atoms with Crippen molar-refractivity contribution in [3.63, 3.8) is 0 Å². The molecule has 1 rings (SSSR count). The summed E-state index contributed by atoms with van der Waals surface area (Å²) in [6, 6.07) is 0. The number of esters is 1. The zero-order valence-corrected chi connectivity index (χ0v) is 14.4. The van der Waals surface area contributed by atoms with Crippen LogP contribution in [0.2, 0.25) is 0 Å². The molecule has 20 heavy (non-hydrogen) atoms. The highest BCUT2D eigenvalue weighted by atomic mass is 127. The number of carbonyl (C=O) groups is 2. The van der Waals surface area contributed by atoms with E-state index in [0.29, 0.717) is 13.2 Å². The molecular formula is C15H25IO4. The maximum atomic E-state index is 11.8. The molecule has 0 unspecified atom stereocenters. The van der Waals surface area contributed by atoms with Crippen LogP contribution in [0.1, 0.15) is 58.3 Å². The van der Waals surface area contributed by atoms with Crippen LogP contribution in [-0.2, 0) is 14.3 Å². The van der Waals surface area contributed by atoms with Gasteiger partial charge < -0.3 is 9.47 Å². The summed E-state index contributed by atoms with van der Waals surface area (Å²) in [5.41, 5.74) is 0. The van der Waals surface area contributed by atoms with Crippen molar-refractivity contribution in [3.8, 4) is 0 Å². The second kappa shape index (κ2) is 10.4. The van der Waals surface area contributed by atoms with Gasteiger partial charge in [0, 0.05) is 0 Å². The third-order valence-corrected chi connectivity index (χ3v) is 4.16. The van der Waals surface area contributed by atoms with Crippen LogP contribution in [-0.4, -0.2) is 23.2 Å². The van der Waals surface area contributed by atoms with Gasteiger partial charge >= 0.3 is 9.95 Å². The summed E-state index contributed by atoms with van der Waals surface area (Å²) < 4.78 is 9.92. The van der Waals surface area contributed by atoms with Gasteiger partial charge in [-0.1, -0.05) is 6.92 Å². The normalized spacial score (nSPS) is 22.3. The van der Waals surface area contributed by atoms with Crippen LogP contribution in [0.25, 0.3) is 0 Å². The topological polar surface area (TPSA) is 52.6 Å². The maximum Gasteiger partial charge on any atom is 0.367 e. The monoisotopic (exact) mass is 396 g/mol. The quantitative estimate of drug-likeness (QED) is 0.263. The molecule has 0 radical (unpaired) electrons. The Kier molecular flexibility index (Phi) is 9.22. The fraction of sp³-hybridized carbons (Fsp3) is 0.867. The lowest BCUT2D eigenvalue weighted by Crippen LogP contribution is -2.23. The minimum Gasteiger partial charge on any atom is -0.465 e. The number of rotatable bonds is 8. The lowest BCUT2D eigenvalue weighted by atomic mass is 9.83. The van der Waals surface area contributed by atoms with Gasteiger partial charge in [0.1, 0.15) is 0 Å². The largest absolute Gasteiger partial charge is 0.465 e. The van der Waals surface area contributed by atoms with Crippen molar-refractivity contribution in [3.05, 3.63) is 0 Å². The van der Waals surface area contributed by atoms with E-state index in [-0.39, 0.29) is 15.9 Å². The molecular weight excluding hydrogens is 371 g/mol. The third-order valence-electron chi connectivity index (χ3n) is 3.85. The second-order valence-corrected chi connectivity index (χ2v) is 6.51. The summed E-state index contributed by atoms with van der Waals surface area (Å²) >= 11 is 1.63. The summed E-state index contributed by atoms with van der Waals surface area (Å²) in [5, 5.41) is 0. The fourth-order valence-corrected chi connectivity index (χ4v) is 2.72. The molecule has 0 aliphatic heterocycles. The van der Waals surface area contributed by atoms with Crippen molar-refractivity contribution in [2.45, 2.75) is 58.3 Å². The molecule has 4 nitrogen and oxygen atoms in total. The van der Waals surface area contributed by atoms with Gasteiger partial charge in [-0.3, -0.25) is 4.79 Å². The van der Waals surface area contributed by atoms with Crippen molar-refractivity contribution in [2.75, 3.05) is 13.2 Å². The second-order valence-electron chi connectivity index (χ2n) is 5.62. The smallest absolute Gasteiger partial charge is 0.367 e. The molecule has 0 spiro atoms. The van der Waals surface area contributed by atoms with E-state index in [0.717, 1.165) is 57.3 Å². The summed E-state index contributed by atoms with van der Waals surface area (Å²) in [5.74, 6) is 0.890. The van der Waals surface area contributed by atoms with Gasteiger partial charge in [-0.05, 0) is 57.3 Å². The standard InChI is InChI=1S/C15H25IO4/c1-12-6-8-13(9-7-12)14(17)19-10-4-2-3-5-11-20-15(16)18/h12-13H,2-11H2,1H3. The van der Waals surface area contributed by atoms with E-state index in [2.05, 4.69) is 6.92 Å². The Hall–Kier alpha value is -0.330. The van der Waals surface area contributed by atoms with Crippen LogP contribution in [0.5, 0.6) is 0 Å². The maximum absolute atomic E-state index is 11.8. The van der Waals surface area contributed by atoms with E-state index in [4.69, 9.17) is 9.47 Å². The van der Waals surface area contributed by atoms with Crippen molar-refractivity contribution in [1.82, 2.24) is 0 Å². The minimum atomic E-state index is -0.252. The molecule has 0 N–H and O–H groups in total. The molecule has 1 saturated carbocycles. The first kappa shape index (κ1) is 17.7. The molecule has 0 aromatic rings. The van der Waals surface area contributed by atoms with Crippen molar-refractivity contribution >= 4 is 32.5 Å². The molecule has 116 valence electrons. The van der Waals surface area contributed by atoms with Crippen LogP contribution in [0, 0.1) is 11.8 Å². The first-order valence-corrected chi connectivity index (χ1v) is 8.66. The van der Waals surface area contributed by atoms with Gasteiger partial charge in [-0.2, -0.15) is 0 Å².